The number of likely N-dealkylation sites (tertiary alicyclic amines) is 1. The molecule has 3 aromatic heterocycles. The summed E-state index contributed by atoms with van der Waals surface area (Å²) < 4.78 is 3.23. The Hall–Kier alpha value is -2.71. The molecule has 5 rings (SSSR count). The molecule has 0 saturated carbocycles. The minimum atomic E-state index is 0.0353. The fourth-order valence-corrected chi connectivity index (χ4v) is 5.60. The van der Waals surface area contributed by atoms with E-state index in [1.165, 1.54) is 0 Å². The molecule has 0 aliphatic carbocycles. The highest BCUT2D eigenvalue weighted by atomic mass is 32.1. The van der Waals surface area contributed by atoms with Crippen LogP contribution in [0.25, 0.3) is 10.2 Å². The molecule has 32 heavy (non-hydrogen) atoms. The maximum absolute atomic E-state index is 13.5. The van der Waals surface area contributed by atoms with E-state index in [1.54, 1.807) is 17.5 Å². The van der Waals surface area contributed by atoms with Crippen molar-refractivity contribution in [3.8, 4) is 0 Å². The van der Waals surface area contributed by atoms with Gasteiger partial charge in [0.1, 0.15) is 5.69 Å². The first-order chi connectivity index (χ1) is 15.6. The molecule has 2 aliphatic heterocycles. The lowest BCUT2D eigenvalue weighted by molar-refractivity contribution is -0.138. The van der Waals surface area contributed by atoms with Crippen molar-refractivity contribution in [3.63, 3.8) is 0 Å². The Balaban J connectivity index is 1.28. The first kappa shape index (κ1) is 21.2. The van der Waals surface area contributed by atoms with E-state index in [1.807, 2.05) is 34.2 Å². The highest BCUT2D eigenvalue weighted by Crippen LogP contribution is 2.28. The van der Waals surface area contributed by atoms with Gasteiger partial charge in [0.25, 0.3) is 5.91 Å². The lowest BCUT2D eigenvalue weighted by Gasteiger charge is -2.37. The fourth-order valence-electron chi connectivity index (χ4n) is 4.78. The van der Waals surface area contributed by atoms with Gasteiger partial charge < -0.3 is 19.3 Å². The second-order valence-corrected chi connectivity index (χ2v) is 9.79. The Kier molecular flexibility index (Phi) is 5.97. The lowest BCUT2D eigenvalue weighted by atomic mass is 9.94. The Morgan fingerprint density at radius 2 is 1.84 bits per heavy atom. The van der Waals surface area contributed by atoms with Gasteiger partial charge in [-0.25, -0.2) is 0 Å². The number of pyridine rings is 1. The highest BCUT2D eigenvalue weighted by Gasteiger charge is 2.32. The van der Waals surface area contributed by atoms with Gasteiger partial charge in [-0.2, -0.15) is 0 Å². The first-order valence-electron chi connectivity index (χ1n) is 11.3. The normalized spacial score (nSPS) is 18.4. The molecule has 3 aromatic rings. The second-order valence-electron chi connectivity index (χ2n) is 8.84. The second kappa shape index (κ2) is 9.03. The Morgan fingerprint density at radius 3 is 2.56 bits per heavy atom. The summed E-state index contributed by atoms with van der Waals surface area (Å²) in [5.74, 6) is 0.363. The van der Waals surface area contributed by atoms with Gasteiger partial charge in [0, 0.05) is 64.1 Å². The third kappa shape index (κ3) is 4.17. The van der Waals surface area contributed by atoms with Gasteiger partial charge in [-0.1, -0.05) is 6.07 Å². The molecule has 168 valence electrons. The van der Waals surface area contributed by atoms with Crippen LogP contribution in [0.3, 0.4) is 0 Å². The maximum Gasteiger partial charge on any atom is 0.270 e. The molecule has 7 nitrogen and oxygen atoms in total. The summed E-state index contributed by atoms with van der Waals surface area (Å²) in [6, 6.07) is 8.05. The number of rotatable bonds is 4. The van der Waals surface area contributed by atoms with Crippen molar-refractivity contribution in [2.75, 3.05) is 46.3 Å². The number of piperazine rings is 1. The van der Waals surface area contributed by atoms with E-state index in [9.17, 15) is 9.59 Å². The number of carbonyl (C=O) groups is 2. The summed E-state index contributed by atoms with van der Waals surface area (Å²) in [6.07, 6.45) is 5.10. The summed E-state index contributed by atoms with van der Waals surface area (Å²) >= 11 is 1.66. The zero-order valence-corrected chi connectivity index (χ0v) is 19.3. The number of amides is 2. The standard InChI is InChI=1S/C24H29N5O2S/c1-26-10-12-28(13-11-26)23(30)19-4-8-27(9-5-19)24(31)21-15-22-20(6-14-32-22)29(21)17-18-3-2-7-25-16-18/h2-3,6-7,14-16,19H,4-5,8-13,17H2,1H3. The van der Waals surface area contributed by atoms with Gasteiger partial charge in [-0.3, -0.25) is 14.6 Å². The predicted octanol–water partition coefficient (Wildman–Crippen LogP) is 2.77. The number of aromatic nitrogens is 2. The van der Waals surface area contributed by atoms with Crippen LogP contribution < -0.4 is 0 Å². The summed E-state index contributed by atoms with van der Waals surface area (Å²) in [7, 11) is 2.10. The topological polar surface area (TPSA) is 61.7 Å². The van der Waals surface area contributed by atoms with E-state index in [-0.39, 0.29) is 17.7 Å². The van der Waals surface area contributed by atoms with Crippen LogP contribution in [0.1, 0.15) is 28.9 Å². The molecule has 5 heterocycles. The van der Waals surface area contributed by atoms with Crippen molar-refractivity contribution in [2.24, 2.45) is 5.92 Å². The lowest BCUT2D eigenvalue weighted by Crippen LogP contribution is -2.51. The third-order valence-corrected chi connectivity index (χ3v) is 7.60. The van der Waals surface area contributed by atoms with Crippen LogP contribution in [0.4, 0.5) is 0 Å². The smallest absolute Gasteiger partial charge is 0.270 e. The summed E-state index contributed by atoms with van der Waals surface area (Å²) in [6.45, 7) is 5.39. The Labute approximate surface area is 192 Å². The van der Waals surface area contributed by atoms with E-state index in [4.69, 9.17) is 0 Å². The van der Waals surface area contributed by atoms with E-state index in [0.717, 1.165) is 60.5 Å². The Bertz CT molecular complexity index is 1090. The monoisotopic (exact) mass is 451 g/mol. The average molecular weight is 452 g/mol. The molecule has 2 saturated heterocycles. The van der Waals surface area contributed by atoms with Crippen molar-refractivity contribution in [1.29, 1.82) is 0 Å². The molecular weight excluding hydrogens is 422 g/mol. The van der Waals surface area contributed by atoms with Gasteiger partial charge in [-0.15, -0.1) is 11.3 Å². The molecule has 0 aromatic carbocycles. The van der Waals surface area contributed by atoms with Gasteiger partial charge in [0.15, 0.2) is 0 Å². The van der Waals surface area contributed by atoms with Crippen LogP contribution in [0.15, 0.2) is 42.0 Å². The van der Waals surface area contributed by atoms with Crippen LogP contribution in [0.5, 0.6) is 0 Å². The summed E-state index contributed by atoms with van der Waals surface area (Å²) in [4.78, 5) is 36.8. The SMILES string of the molecule is CN1CCN(C(=O)C2CCN(C(=O)c3cc4sccc4n3Cc3cccnc3)CC2)CC1. The maximum atomic E-state index is 13.5. The summed E-state index contributed by atoms with van der Waals surface area (Å²) in [5, 5.41) is 2.06. The van der Waals surface area contributed by atoms with Gasteiger partial charge >= 0.3 is 0 Å². The molecule has 2 fully saturated rings. The van der Waals surface area contributed by atoms with Crippen molar-refractivity contribution >= 4 is 33.4 Å². The number of carbonyl (C=O) groups excluding carboxylic acids is 2. The Morgan fingerprint density at radius 1 is 1.06 bits per heavy atom. The zero-order valence-electron chi connectivity index (χ0n) is 18.4. The van der Waals surface area contributed by atoms with Crippen LogP contribution in [0, 0.1) is 5.92 Å². The molecule has 8 heteroatoms. The highest BCUT2D eigenvalue weighted by molar-refractivity contribution is 7.17. The number of fused-ring (bicyclic) bond motifs is 1. The van der Waals surface area contributed by atoms with Crippen molar-refractivity contribution in [1.82, 2.24) is 24.3 Å². The molecule has 2 aliphatic rings. The average Bonchev–Trinajstić information content (AvgIpc) is 3.42. The zero-order chi connectivity index (χ0) is 22.1. The minimum Gasteiger partial charge on any atom is -0.340 e. The number of hydrogen-bond donors (Lipinski definition) is 0. The van der Waals surface area contributed by atoms with Gasteiger partial charge in [0.2, 0.25) is 5.91 Å². The largest absolute Gasteiger partial charge is 0.340 e. The fraction of sp³-hybridized carbons (Fsp3) is 0.458. The van der Waals surface area contributed by atoms with Crippen LogP contribution in [0.2, 0.25) is 0 Å². The number of nitrogens with zero attached hydrogens (tertiary/aromatic N) is 5. The van der Waals surface area contributed by atoms with Crippen molar-refractivity contribution in [3.05, 3.63) is 53.3 Å². The molecular formula is C24H29N5O2S. The van der Waals surface area contributed by atoms with Crippen molar-refractivity contribution < 1.29 is 9.59 Å². The van der Waals surface area contributed by atoms with Crippen LogP contribution in [-0.4, -0.2) is 82.4 Å². The number of likely N-dealkylation sites (N-methyl/N-ethyl adjacent to an activating group) is 1. The van der Waals surface area contributed by atoms with E-state index < -0.39 is 0 Å². The van der Waals surface area contributed by atoms with Crippen LogP contribution >= 0.6 is 11.3 Å². The molecule has 0 radical (unpaired) electrons. The molecule has 0 bridgehead atoms. The molecule has 0 spiro atoms. The first-order valence-corrected chi connectivity index (χ1v) is 12.2. The molecule has 0 unspecified atom stereocenters. The number of piperidine rings is 1. The van der Waals surface area contributed by atoms with Gasteiger partial charge in [0.05, 0.1) is 10.2 Å². The van der Waals surface area contributed by atoms with E-state index >= 15 is 0 Å². The predicted molar refractivity (Wildman–Crippen MR) is 126 cm³/mol. The molecule has 0 atom stereocenters. The number of thiophene rings is 1. The summed E-state index contributed by atoms with van der Waals surface area (Å²) in [5.41, 5.74) is 2.88. The molecule has 0 N–H and O–H groups in total. The van der Waals surface area contributed by atoms with E-state index in [0.29, 0.717) is 19.6 Å². The van der Waals surface area contributed by atoms with E-state index in [2.05, 4.69) is 32.9 Å². The van der Waals surface area contributed by atoms with Crippen LogP contribution in [-0.2, 0) is 11.3 Å². The minimum absolute atomic E-state index is 0.0353. The quantitative estimate of drug-likeness (QED) is 0.612. The van der Waals surface area contributed by atoms with Gasteiger partial charge in [-0.05, 0) is 49.0 Å². The number of hydrogen-bond acceptors (Lipinski definition) is 5. The van der Waals surface area contributed by atoms with Crippen molar-refractivity contribution in [2.45, 2.75) is 19.4 Å². The molecule has 2 amide bonds. The third-order valence-electron chi connectivity index (χ3n) is 6.75.